The molecule has 0 atom stereocenters. The minimum Gasteiger partial charge on any atom is -0.341 e. The number of hydrogen-bond acceptors (Lipinski definition) is 3. The quantitative estimate of drug-likeness (QED) is 0.825. The molecule has 2 aliphatic rings. The van der Waals surface area contributed by atoms with Gasteiger partial charge in [0.15, 0.2) is 0 Å². The summed E-state index contributed by atoms with van der Waals surface area (Å²) in [5.74, 6) is 3.33. The minimum atomic E-state index is 0.708. The van der Waals surface area contributed by atoms with Crippen molar-refractivity contribution >= 4 is 5.95 Å². The third-order valence-electron chi connectivity index (χ3n) is 5.50. The lowest BCUT2D eigenvalue weighted by Crippen LogP contribution is -2.36. The van der Waals surface area contributed by atoms with Gasteiger partial charge < -0.3 is 4.90 Å². The van der Waals surface area contributed by atoms with Crippen LogP contribution in [0.3, 0.4) is 0 Å². The zero-order chi connectivity index (χ0) is 14.7. The van der Waals surface area contributed by atoms with Crippen LogP contribution in [0.25, 0.3) is 0 Å². The van der Waals surface area contributed by atoms with E-state index in [9.17, 15) is 0 Å². The highest BCUT2D eigenvalue weighted by atomic mass is 15.2. The van der Waals surface area contributed by atoms with E-state index in [0.717, 1.165) is 30.9 Å². The first kappa shape index (κ1) is 14.8. The van der Waals surface area contributed by atoms with Crippen molar-refractivity contribution < 1.29 is 0 Å². The Bertz CT molecular complexity index is 426. The van der Waals surface area contributed by atoms with Gasteiger partial charge in [0.2, 0.25) is 5.95 Å². The standard InChI is InChI=1S/C18H29N3/c1-14(2)15-8-10-21(11-9-15)18-19-12-17(13-20-18)16-6-4-3-5-7-16/h12-16H,3-11H2,1-2H3. The van der Waals surface area contributed by atoms with E-state index in [4.69, 9.17) is 0 Å². The van der Waals surface area contributed by atoms with Crippen LogP contribution < -0.4 is 4.90 Å². The average molecular weight is 287 g/mol. The number of aromatic nitrogens is 2. The molecule has 1 aliphatic heterocycles. The van der Waals surface area contributed by atoms with Gasteiger partial charge in [-0.15, -0.1) is 0 Å². The summed E-state index contributed by atoms with van der Waals surface area (Å²) in [6.45, 7) is 6.92. The Hall–Kier alpha value is -1.12. The molecule has 21 heavy (non-hydrogen) atoms. The Labute approximate surface area is 129 Å². The largest absolute Gasteiger partial charge is 0.341 e. The maximum Gasteiger partial charge on any atom is 0.225 e. The van der Waals surface area contributed by atoms with Crippen molar-refractivity contribution in [1.82, 2.24) is 9.97 Å². The van der Waals surface area contributed by atoms with E-state index in [-0.39, 0.29) is 0 Å². The molecule has 3 rings (SSSR count). The fourth-order valence-electron chi connectivity index (χ4n) is 3.91. The number of nitrogens with zero attached hydrogens (tertiary/aromatic N) is 3. The Morgan fingerprint density at radius 1 is 0.952 bits per heavy atom. The van der Waals surface area contributed by atoms with Crippen molar-refractivity contribution in [2.45, 2.75) is 64.7 Å². The van der Waals surface area contributed by atoms with Crippen LogP contribution in [0.1, 0.15) is 70.3 Å². The molecule has 0 unspecified atom stereocenters. The summed E-state index contributed by atoms with van der Waals surface area (Å²) in [5.41, 5.74) is 1.36. The molecule has 0 amide bonds. The van der Waals surface area contributed by atoms with Gasteiger partial charge in [-0.2, -0.15) is 0 Å². The van der Waals surface area contributed by atoms with Gasteiger partial charge in [-0.1, -0.05) is 33.1 Å². The molecule has 3 heteroatoms. The molecule has 1 saturated carbocycles. The van der Waals surface area contributed by atoms with Gasteiger partial charge in [0.25, 0.3) is 0 Å². The maximum atomic E-state index is 4.66. The van der Waals surface area contributed by atoms with Gasteiger partial charge in [0, 0.05) is 25.5 Å². The minimum absolute atomic E-state index is 0.708. The highest BCUT2D eigenvalue weighted by Gasteiger charge is 2.23. The molecule has 0 bridgehead atoms. The van der Waals surface area contributed by atoms with Crippen LogP contribution in [0, 0.1) is 11.8 Å². The fourth-order valence-corrected chi connectivity index (χ4v) is 3.91. The fraction of sp³-hybridized carbons (Fsp3) is 0.778. The average Bonchev–Trinajstić information content (AvgIpc) is 2.56. The molecule has 3 nitrogen and oxygen atoms in total. The highest BCUT2D eigenvalue weighted by molar-refractivity contribution is 5.31. The second kappa shape index (κ2) is 6.76. The summed E-state index contributed by atoms with van der Waals surface area (Å²) >= 11 is 0. The molecule has 0 aromatic carbocycles. The van der Waals surface area contributed by atoms with Gasteiger partial charge in [-0.05, 0) is 49.0 Å². The van der Waals surface area contributed by atoms with Crippen molar-refractivity contribution in [3.8, 4) is 0 Å². The molecule has 1 aromatic rings. The van der Waals surface area contributed by atoms with Crippen LogP contribution in [-0.2, 0) is 0 Å². The van der Waals surface area contributed by atoms with Crippen LogP contribution in [0.4, 0.5) is 5.95 Å². The molecule has 1 aromatic heterocycles. The second-order valence-corrected chi connectivity index (χ2v) is 7.22. The first-order valence-electron chi connectivity index (χ1n) is 8.81. The Morgan fingerprint density at radius 2 is 1.57 bits per heavy atom. The van der Waals surface area contributed by atoms with E-state index >= 15 is 0 Å². The predicted molar refractivity (Wildman–Crippen MR) is 87.6 cm³/mol. The van der Waals surface area contributed by atoms with E-state index in [1.165, 1.54) is 50.5 Å². The second-order valence-electron chi connectivity index (χ2n) is 7.22. The molecule has 1 aliphatic carbocycles. The lowest BCUT2D eigenvalue weighted by molar-refractivity contribution is 0.310. The van der Waals surface area contributed by atoms with Gasteiger partial charge >= 0.3 is 0 Å². The number of rotatable bonds is 3. The number of piperidine rings is 1. The summed E-state index contributed by atoms with van der Waals surface area (Å²) in [6, 6.07) is 0. The lowest BCUT2D eigenvalue weighted by atomic mass is 9.85. The molecule has 0 radical (unpaired) electrons. The number of anilines is 1. The summed E-state index contributed by atoms with van der Waals surface area (Å²) < 4.78 is 0. The van der Waals surface area contributed by atoms with Crippen molar-refractivity contribution in [3.63, 3.8) is 0 Å². The van der Waals surface area contributed by atoms with Crippen LogP contribution in [-0.4, -0.2) is 23.1 Å². The van der Waals surface area contributed by atoms with Crippen LogP contribution in [0.2, 0.25) is 0 Å². The van der Waals surface area contributed by atoms with Gasteiger partial charge in [-0.3, -0.25) is 0 Å². The van der Waals surface area contributed by atoms with Gasteiger partial charge in [-0.25, -0.2) is 9.97 Å². The van der Waals surface area contributed by atoms with Crippen LogP contribution in [0.15, 0.2) is 12.4 Å². The SMILES string of the molecule is CC(C)C1CCN(c2ncc(C3CCCCC3)cn2)CC1. The zero-order valence-electron chi connectivity index (χ0n) is 13.6. The summed E-state index contributed by atoms with van der Waals surface area (Å²) in [5, 5.41) is 0. The van der Waals surface area contributed by atoms with E-state index in [1.54, 1.807) is 0 Å². The first-order valence-corrected chi connectivity index (χ1v) is 8.81. The first-order chi connectivity index (χ1) is 10.2. The monoisotopic (exact) mass is 287 g/mol. The van der Waals surface area contributed by atoms with E-state index in [0.29, 0.717) is 5.92 Å². The van der Waals surface area contributed by atoms with E-state index in [2.05, 4.69) is 41.1 Å². The van der Waals surface area contributed by atoms with Crippen molar-refractivity contribution in [1.29, 1.82) is 0 Å². The smallest absolute Gasteiger partial charge is 0.225 e. The zero-order valence-corrected chi connectivity index (χ0v) is 13.6. The highest BCUT2D eigenvalue weighted by Crippen LogP contribution is 2.32. The summed E-state index contributed by atoms with van der Waals surface area (Å²) in [4.78, 5) is 11.7. The number of hydrogen-bond donors (Lipinski definition) is 0. The Morgan fingerprint density at radius 3 is 2.14 bits per heavy atom. The Balaban J connectivity index is 1.59. The third-order valence-corrected chi connectivity index (χ3v) is 5.50. The van der Waals surface area contributed by atoms with Crippen molar-refractivity contribution in [2.75, 3.05) is 18.0 Å². The molecule has 0 N–H and O–H groups in total. The van der Waals surface area contributed by atoms with Crippen LogP contribution in [0.5, 0.6) is 0 Å². The van der Waals surface area contributed by atoms with Crippen LogP contribution >= 0.6 is 0 Å². The summed E-state index contributed by atoms with van der Waals surface area (Å²) in [6.07, 6.45) is 13.5. The van der Waals surface area contributed by atoms with Crippen molar-refractivity contribution in [3.05, 3.63) is 18.0 Å². The third kappa shape index (κ3) is 3.56. The Kier molecular flexibility index (Phi) is 4.77. The molecule has 116 valence electrons. The van der Waals surface area contributed by atoms with Gasteiger partial charge in [0.1, 0.15) is 0 Å². The van der Waals surface area contributed by atoms with E-state index < -0.39 is 0 Å². The maximum absolute atomic E-state index is 4.66. The molecule has 1 saturated heterocycles. The lowest BCUT2D eigenvalue weighted by Gasteiger charge is -2.34. The predicted octanol–water partition coefficient (Wildman–Crippen LogP) is 4.40. The van der Waals surface area contributed by atoms with E-state index in [1.807, 2.05) is 0 Å². The molecule has 2 heterocycles. The van der Waals surface area contributed by atoms with Gasteiger partial charge in [0.05, 0.1) is 0 Å². The molecule has 2 fully saturated rings. The molecular weight excluding hydrogens is 258 g/mol. The molecule has 0 spiro atoms. The summed E-state index contributed by atoms with van der Waals surface area (Å²) in [7, 11) is 0. The normalized spacial score (nSPS) is 22.0. The molecular formula is C18H29N3. The van der Waals surface area contributed by atoms with Crippen molar-refractivity contribution in [2.24, 2.45) is 11.8 Å². The topological polar surface area (TPSA) is 29.0 Å².